The highest BCUT2D eigenvalue weighted by molar-refractivity contribution is 5.78. The fraction of sp³-hybridized carbons (Fsp3) is 0.917. The average molecular weight is 198 g/mol. The summed E-state index contributed by atoms with van der Waals surface area (Å²) in [4.78, 5) is 11.4. The molecule has 0 bridgehead atoms. The second-order valence-corrected chi connectivity index (χ2v) is 4.75. The predicted octanol–water partition coefficient (Wildman–Crippen LogP) is 2.66. The fourth-order valence-corrected chi connectivity index (χ4v) is 2.25. The van der Waals surface area contributed by atoms with Crippen molar-refractivity contribution in [1.29, 1.82) is 0 Å². The molecule has 1 atom stereocenters. The Bertz CT molecular complexity index is 181. The Balaban J connectivity index is 2.41. The van der Waals surface area contributed by atoms with Crippen LogP contribution in [-0.4, -0.2) is 19.0 Å². The van der Waals surface area contributed by atoms with Gasteiger partial charge in [0.1, 0.15) is 5.78 Å². The molecule has 1 aliphatic rings. The van der Waals surface area contributed by atoms with Gasteiger partial charge in [0, 0.05) is 19.1 Å². The van der Waals surface area contributed by atoms with Crippen molar-refractivity contribution >= 4 is 5.78 Å². The molecule has 0 aliphatic carbocycles. The van der Waals surface area contributed by atoms with Gasteiger partial charge in [-0.25, -0.2) is 0 Å². The van der Waals surface area contributed by atoms with Gasteiger partial charge in [-0.15, -0.1) is 0 Å². The molecule has 0 N–H and O–H groups in total. The first-order valence-electron chi connectivity index (χ1n) is 5.69. The van der Waals surface area contributed by atoms with E-state index in [1.54, 1.807) is 6.92 Å². The van der Waals surface area contributed by atoms with E-state index in [0.717, 1.165) is 32.5 Å². The zero-order valence-corrected chi connectivity index (χ0v) is 9.58. The lowest BCUT2D eigenvalue weighted by Crippen LogP contribution is -2.24. The molecular weight excluding hydrogens is 176 g/mol. The zero-order valence-electron chi connectivity index (χ0n) is 9.58. The highest BCUT2D eigenvalue weighted by Crippen LogP contribution is 2.27. The van der Waals surface area contributed by atoms with Gasteiger partial charge in [0.15, 0.2) is 0 Å². The van der Waals surface area contributed by atoms with E-state index in [0.29, 0.717) is 17.6 Å². The second-order valence-electron chi connectivity index (χ2n) is 4.75. The molecule has 14 heavy (non-hydrogen) atoms. The third-order valence-corrected chi connectivity index (χ3v) is 3.26. The van der Waals surface area contributed by atoms with Gasteiger partial charge in [0.05, 0.1) is 0 Å². The molecule has 0 amide bonds. The molecule has 1 fully saturated rings. The van der Waals surface area contributed by atoms with Crippen LogP contribution < -0.4 is 0 Å². The topological polar surface area (TPSA) is 26.3 Å². The first-order chi connectivity index (χ1) is 6.61. The van der Waals surface area contributed by atoms with Crippen molar-refractivity contribution in [2.45, 2.75) is 40.0 Å². The average Bonchev–Trinajstić information content (AvgIpc) is 2.15. The standard InChI is InChI=1S/C12H22O2/c1-9(2)12(10(3)13)8-11-4-6-14-7-5-11/h9,11-12H,4-8H2,1-3H3. The number of hydrogen-bond acceptors (Lipinski definition) is 2. The number of ketones is 1. The van der Waals surface area contributed by atoms with Crippen LogP contribution in [0.15, 0.2) is 0 Å². The number of hydrogen-bond donors (Lipinski definition) is 0. The summed E-state index contributed by atoms with van der Waals surface area (Å²) in [6.07, 6.45) is 3.34. The maximum atomic E-state index is 11.4. The van der Waals surface area contributed by atoms with Gasteiger partial charge in [-0.2, -0.15) is 0 Å². The van der Waals surface area contributed by atoms with Crippen molar-refractivity contribution in [2.75, 3.05) is 13.2 Å². The molecule has 1 heterocycles. The van der Waals surface area contributed by atoms with Crippen molar-refractivity contribution in [3.05, 3.63) is 0 Å². The van der Waals surface area contributed by atoms with Crippen LogP contribution in [0, 0.1) is 17.8 Å². The minimum Gasteiger partial charge on any atom is -0.381 e. The first-order valence-corrected chi connectivity index (χ1v) is 5.69. The van der Waals surface area contributed by atoms with Crippen LogP contribution in [0.5, 0.6) is 0 Å². The van der Waals surface area contributed by atoms with Crippen LogP contribution >= 0.6 is 0 Å². The number of Topliss-reactive ketones (excluding diaryl/α,β-unsaturated/α-hetero) is 1. The summed E-state index contributed by atoms with van der Waals surface area (Å²) < 4.78 is 5.32. The minimum absolute atomic E-state index is 0.262. The monoisotopic (exact) mass is 198 g/mol. The highest BCUT2D eigenvalue weighted by Gasteiger charge is 2.24. The van der Waals surface area contributed by atoms with Gasteiger partial charge >= 0.3 is 0 Å². The van der Waals surface area contributed by atoms with E-state index in [-0.39, 0.29) is 5.92 Å². The third-order valence-electron chi connectivity index (χ3n) is 3.26. The Kier molecular flexibility index (Phi) is 4.59. The highest BCUT2D eigenvalue weighted by atomic mass is 16.5. The molecule has 2 heteroatoms. The van der Waals surface area contributed by atoms with E-state index >= 15 is 0 Å². The number of ether oxygens (including phenoxy) is 1. The van der Waals surface area contributed by atoms with Crippen molar-refractivity contribution in [1.82, 2.24) is 0 Å². The van der Waals surface area contributed by atoms with Crippen molar-refractivity contribution in [3.63, 3.8) is 0 Å². The molecule has 1 rings (SSSR count). The van der Waals surface area contributed by atoms with Gasteiger partial charge in [-0.05, 0) is 38.0 Å². The van der Waals surface area contributed by atoms with E-state index in [1.165, 1.54) is 0 Å². The molecular formula is C12H22O2. The van der Waals surface area contributed by atoms with Crippen LogP contribution in [0.1, 0.15) is 40.0 Å². The van der Waals surface area contributed by atoms with Gasteiger partial charge in [-0.3, -0.25) is 4.79 Å². The summed E-state index contributed by atoms with van der Waals surface area (Å²) in [6.45, 7) is 7.78. The maximum absolute atomic E-state index is 11.4. The predicted molar refractivity (Wildman–Crippen MR) is 57.2 cm³/mol. The molecule has 0 aromatic heterocycles. The SMILES string of the molecule is CC(=O)C(CC1CCOCC1)C(C)C. The van der Waals surface area contributed by atoms with E-state index in [2.05, 4.69) is 13.8 Å². The second kappa shape index (κ2) is 5.50. The zero-order chi connectivity index (χ0) is 10.6. The van der Waals surface area contributed by atoms with Crippen LogP contribution in [0.25, 0.3) is 0 Å². The maximum Gasteiger partial charge on any atom is 0.133 e. The number of rotatable bonds is 4. The van der Waals surface area contributed by atoms with Gasteiger partial charge < -0.3 is 4.74 Å². The molecule has 1 aliphatic heterocycles. The summed E-state index contributed by atoms with van der Waals surface area (Å²) in [5.74, 6) is 1.81. The van der Waals surface area contributed by atoms with Crippen LogP contribution in [-0.2, 0) is 9.53 Å². The van der Waals surface area contributed by atoms with Crippen LogP contribution in [0.3, 0.4) is 0 Å². The third kappa shape index (κ3) is 3.41. The quantitative estimate of drug-likeness (QED) is 0.694. The molecule has 0 saturated carbocycles. The van der Waals surface area contributed by atoms with Crippen LogP contribution in [0.2, 0.25) is 0 Å². The lowest BCUT2D eigenvalue weighted by molar-refractivity contribution is -0.122. The summed E-state index contributed by atoms with van der Waals surface area (Å²) in [5.41, 5.74) is 0. The normalized spacial score (nSPS) is 21.1. The van der Waals surface area contributed by atoms with E-state index in [4.69, 9.17) is 4.74 Å². The number of carbonyl (C=O) groups is 1. The minimum atomic E-state index is 0.262. The molecule has 0 spiro atoms. The lowest BCUT2D eigenvalue weighted by atomic mass is 9.81. The summed E-state index contributed by atoms with van der Waals surface area (Å²) in [6, 6.07) is 0. The summed E-state index contributed by atoms with van der Waals surface area (Å²) in [7, 11) is 0. The molecule has 2 nitrogen and oxygen atoms in total. The van der Waals surface area contributed by atoms with E-state index < -0.39 is 0 Å². The number of carbonyl (C=O) groups excluding carboxylic acids is 1. The van der Waals surface area contributed by atoms with Gasteiger partial charge in [0.2, 0.25) is 0 Å². The Labute approximate surface area is 87.0 Å². The Hall–Kier alpha value is -0.370. The fourth-order valence-electron chi connectivity index (χ4n) is 2.25. The van der Waals surface area contributed by atoms with Gasteiger partial charge in [0.25, 0.3) is 0 Å². The summed E-state index contributed by atoms with van der Waals surface area (Å²) >= 11 is 0. The molecule has 0 aromatic rings. The Morgan fingerprint density at radius 1 is 1.36 bits per heavy atom. The smallest absolute Gasteiger partial charge is 0.133 e. The Morgan fingerprint density at radius 3 is 2.36 bits per heavy atom. The molecule has 82 valence electrons. The largest absolute Gasteiger partial charge is 0.381 e. The lowest BCUT2D eigenvalue weighted by Gasteiger charge is -2.27. The van der Waals surface area contributed by atoms with Crippen LogP contribution in [0.4, 0.5) is 0 Å². The molecule has 0 aromatic carbocycles. The summed E-state index contributed by atoms with van der Waals surface area (Å²) in [5, 5.41) is 0. The van der Waals surface area contributed by atoms with Crippen molar-refractivity contribution in [3.8, 4) is 0 Å². The first kappa shape index (κ1) is 11.7. The van der Waals surface area contributed by atoms with Crippen molar-refractivity contribution in [2.24, 2.45) is 17.8 Å². The van der Waals surface area contributed by atoms with E-state index in [9.17, 15) is 4.79 Å². The van der Waals surface area contributed by atoms with E-state index in [1.807, 2.05) is 0 Å². The van der Waals surface area contributed by atoms with Crippen molar-refractivity contribution < 1.29 is 9.53 Å². The van der Waals surface area contributed by atoms with Gasteiger partial charge in [-0.1, -0.05) is 13.8 Å². The molecule has 1 unspecified atom stereocenters. The molecule has 0 radical (unpaired) electrons. The Morgan fingerprint density at radius 2 is 1.93 bits per heavy atom. The molecule has 1 saturated heterocycles.